The van der Waals surface area contributed by atoms with Crippen LogP contribution in [-0.2, 0) is 4.74 Å². The quantitative estimate of drug-likeness (QED) is 0.760. The third-order valence-electron chi connectivity index (χ3n) is 3.36. The van der Waals surface area contributed by atoms with Crippen molar-refractivity contribution in [1.82, 2.24) is 0 Å². The van der Waals surface area contributed by atoms with Crippen LogP contribution < -0.4 is 4.74 Å². The first-order valence-corrected chi connectivity index (χ1v) is 7.56. The summed E-state index contributed by atoms with van der Waals surface area (Å²) in [5.74, 6) is -2.19. The van der Waals surface area contributed by atoms with Crippen molar-refractivity contribution in [2.24, 2.45) is 0 Å². The molecule has 0 radical (unpaired) electrons. The lowest BCUT2D eigenvalue weighted by Crippen LogP contribution is -2.18. The fraction of sp³-hybridized carbons (Fsp3) is 0.211. The van der Waals surface area contributed by atoms with Gasteiger partial charge in [-0.25, -0.2) is 13.6 Å². The Bertz CT molecular complexity index is 767. The smallest absolute Gasteiger partial charge is 0.335 e. The second-order valence-electron chi connectivity index (χ2n) is 5.45. The molecule has 0 unspecified atom stereocenters. The molecule has 0 spiro atoms. The maximum absolute atomic E-state index is 13.7. The summed E-state index contributed by atoms with van der Waals surface area (Å²) in [6.07, 6.45) is 2.41. The molecule has 0 aliphatic heterocycles. The summed E-state index contributed by atoms with van der Waals surface area (Å²) in [7, 11) is 1.53. The molecule has 0 aromatic heterocycles. The van der Waals surface area contributed by atoms with Gasteiger partial charge in [-0.15, -0.1) is 0 Å². The first-order valence-electron chi connectivity index (χ1n) is 7.56. The van der Waals surface area contributed by atoms with Crippen LogP contribution in [0, 0.1) is 11.6 Å². The number of carbonyl (C=O) groups is 1. The van der Waals surface area contributed by atoms with Crippen molar-refractivity contribution in [3.05, 3.63) is 64.7 Å². The van der Waals surface area contributed by atoms with Gasteiger partial charge < -0.3 is 14.6 Å². The summed E-state index contributed by atoms with van der Waals surface area (Å²) in [6, 6.07) is 7.94. The van der Waals surface area contributed by atoms with Gasteiger partial charge in [-0.1, -0.05) is 12.1 Å². The number of hydrogen-bond acceptors (Lipinski definition) is 3. The molecular weight excluding hydrogens is 330 g/mol. The summed E-state index contributed by atoms with van der Waals surface area (Å²) in [4.78, 5) is 11.3. The molecule has 1 N–H and O–H groups in total. The zero-order chi connectivity index (χ0) is 18.4. The van der Waals surface area contributed by atoms with Crippen LogP contribution in [-0.4, -0.2) is 30.9 Å². The number of methoxy groups -OCH3 is 1. The summed E-state index contributed by atoms with van der Waals surface area (Å²) in [5, 5.41) is 9.22. The summed E-state index contributed by atoms with van der Waals surface area (Å²) in [5.41, 5.74) is 0.261. The summed E-state index contributed by atoms with van der Waals surface area (Å²) < 4.78 is 37.9. The van der Waals surface area contributed by atoms with Crippen LogP contribution >= 0.6 is 0 Å². The molecule has 0 aliphatic carbocycles. The van der Waals surface area contributed by atoms with Gasteiger partial charge in [0.2, 0.25) is 0 Å². The van der Waals surface area contributed by atoms with Crippen LogP contribution in [0.5, 0.6) is 5.75 Å². The van der Waals surface area contributed by atoms with Crippen molar-refractivity contribution >= 4 is 18.1 Å². The molecular formula is C19H18F2O4. The Morgan fingerprint density at radius 1 is 1.20 bits per heavy atom. The van der Waals surface area contributed by atoms with E-state index < -0.39 is 17.6 Å². The summed E-state index contributed by atoms with van der Waals surface area (Å²) >= 11 is 0. The lowest BCUT2D eigenvalue weighted by Gasteiger charge is -2.14. The Morgan fingerprint density at radius 3 is 2.48 bits per heavy atom. The molecule has 0 fully saturated rings. The molecule has 1 atom stereocenters. The van der Waals surface area contributed by atoms with Gasteiger partial charge in [0.05, 0.1) is 12.2 Å². The highest BCUT2D eigenvalue weighted by Gasteiger charge is 2.10. The van der Waals surface area contributed by atoms with Crippen molar-refractivity contribution in [2.45, 2.75) is 13.0 Å². The Balaban J connectivity index is 2.34. The van der Waals surface area contributed by atoms with Crippen molar-refractivity contribution in [3.8, 4) is 5.75 Å². The van der Waals surface area contributed by atoms with Crippen LogP contribution in [0.3, 0.4) is 0 Å². The van der Waals surface area contributed by atoms with Crippen LogP contribution in [0.4, 0.5) is 8.78 Å². The van der Waals surface area contributed by atoms with Crippen molar-refractivity contribution in [1.29, 1.82) is 0 Å². The van der Waals surface area contributed by atoms with Gasteiger partial charge in [0, 0.05) is 12.7 Å². The number of benzene rings is 2. The molecule has 0 aliphatic rings. The zero-order valence-corrected chi connectivity index (χ0v) is 13.8. The minimum Gasteiger partial charge on any atom is -0.488 e. The van der Waals surface area contributed by atoms with E-state index in [0.717, 1.165) is 12.1 Å². The molecule has 2 aromatic rings. The minimum absolute atomic E-state index is 0.00997. The molecule has 2 rings (SSSR count). The Kier molecular flexibility index (Phi) is 6.25. The number of carboxylic acid groups (broad SMARTS) is 1. The minimum atomic E-state index is -1.13. The van der Waals surface area contributed by atoms with Gasteiger partial charge in [-0.05, 0) is 48.9 Å². The van der Waals surface area contributed by atoms with Gasteiger partial charge in [-0.2, -0.15) is 0 Å². The monoisotopic (exact) mass is 348 g/mol. The van der Waals surface area contributed by atoms with Crippen LogP contribution in [0.2, 0.25) is 0 Å². The van der Waals surface area contributed by atoms with Gasteiger partial charge >= 0.3 is 5.97 Å². The highest BCUT2D eigenvalue weighted by molar-refractivity contribution is 5.89. The molecule has 4 nitrogen and oxygen atoms in total. The van der Waals surface area contributed by atoms with E-state index in [4.69, 9.17) is 9.47 Å². The van der Waals surface area contributed by atoms with E-state index in [9.17, 15) is 18.7 Å². The number of aromatic carboxylic acids is 1. The predicted molar refractivity (Wildman–Crippen MR) is 90.7 cm³/mol. The molecule has 6 heteroatoms. The second-order valence-corrected chi connectivity index (χ2v) is 5.45. The first kappa shape index (κ1) is 18.6. The number of halogens is 2. The van der Waals surface area contributed by atoms with Crippen LogP contribution in [0.25, 0.3) is 12.2 Å². The average molecular weight is 348 g/mol. The zero-order valence-electron chi connectivity index (χ0n) is 13.8. The van der Waals surface area contributed by atoms with E-state index in [0.29, 0.717) is 17.9 Å². The second kappa shape index (κ2) is 8.39. The largest absolute Gasteiger partial charge is 0.488 e. The van der Waals surface area contributed by atoms with E-state index in [1.54, 1.807) is 13.0 Å². The van der Waals surface area contributed by atoms with E-state index in [2.05, 4.69) is 0 Å². The first-order chi connectivity index (χ1) is 11.9. The van der Waals surface area contributed by atoms with Crippen molar-refractivity contribution in [3.63, 3.8) is 0 Å². The van der Waals surface area contributed by atoms with Gasteiger partial charge in [0.15, 0.2) is 0 Å². The topological polar surface area (TPSA) is 55.8 Å². The molecule has 0 saturated heterocycles. The predicted octanol–water partition coefficient (Wildman–Crippen LogP) is 4.25. The van der Waals surface area contributed by atoms with Gasteiger partial charge in [0.25, 0.3) is 0 Å². The number of carboxylic acids is 1. The van der Waals surface area contributed by atoms with Crippen LogP contribution in [0.1, 0.15) is 28.4 Å². The van der Waals surface area contributed by atoms with E-state index in [1.165, 1.54) is 37.5 Å². The molecule has 0 heterocycles. The molecule has 25 heavy (non-hydrogen) atoms. The Hall–Kier alpha value is -2.73. The molecule has 132 valence electrons. The fourth-order valence-electron chi connectivity index (χ4n) is 2.26. The number of rotatable bonds is 7. The van der Waals surface area contributed by atoms with E-state index >= 15 is 0 Å². The standard InChI is InChI=1S/C19H18F2O4/c1-12(11-24-2)25-15-9-13(8-14(10-15)19(22)23)6-7-16-17(20)4-3-5-18(16)21/h3-10,12H,11H2,1-2H3,(H,22,23)/b7-6+/t12-/m0/s1. The highest BCUT2D eigenvalue weighted by atomic mass is 19.1. The maximum Gasteiger partial charge on any atom is 0.335 e. The fourth-order valence-corrected chi connectivity index (χ4v) is 2.26. The molecule has 0 saturated carbocycles. The van der Waals surface area contributed by atoms with Crippen molar-refractivity contribution < 1.29 is 28.2 Å². The lowest BCUT2D eigenvalue weighted by molar-refractivity contribution is 0.0694. The summed E-state index contributed by atoms with van der Waals surface area (Å²) in [6.45, 7) is 2.12. The Morgan fingerprint density at radius 2 is 1.88 bits per heavy atom. The third kappa shape index (κ3) is 5.12. The van der Waals surface area contributed by atoms with Gasteiger partial charge in [-0.3, -0.25) is 0 Å². The number of hydrogen-bond donors (Lipinski definition) is 1. The van der Waals surface area contributed by atoms with Gasteiger partial charge in [0.1, 0.15) is 23.5 Å². The van der Waals surface area contributed by atoms with Crippen molar-refractivity contribution in [2.75, 3.05) is 13.7 Å². The molecule has 0 amide bonds. The highest BCUT2D eigenvalue weighted by Crippen LogP contribution is 2.22. The normalized spacial score (nSPS) is 12.3. The average Bonchev–Trinajstić information content (AvgIpc) is 2.54. The molecule has 2 aromatic carbocycles. The molecule has 0 bridgehead atoms. The van der Waals surface area contributed by atoms with Crippen LogP contribution in [0.15, 0.2) is 36.4 Å². The maximum atomic E-state index is 13.7. The van der Waals surface area contributed by atoms with E-state index in [-0.39, 0.29) is 17.2 Å². The number of ether oxygens (including phenoxy) is 2. The Labute approximate surface area is 144 Å². The lowest BCUT2D eigenvalue weighted by atomic mass is 10.1. The third-order valence-corrected chi connectivity index (χ3v) is 3.36. The SMILES string of the molecule is COC[C@H](C)Oc1cc(/C=C/c2c(F)cccc2F)cc(C(=O)O)c1. The van der Waals surface area contributed by atoms with E-state index in [1.807, 2.05) is 0 Å².